The number of sulfonamides is 1. The van der Waals surface area contributed by atoms with Crippen LogP contribution in [0.2, 0.25) is 0 Å². The summed E-state index contributed by atoms with van der Waals surface area (Å²) >= 11 is 0. The summed E-state index contributed by atoms with van der Waals surface area (Å²) in [6.45, 7) is 2.83. The van der Waals surface area contributed by atoms with Crippen molar-refractivity contribution < 1.29 is 13.5 Å². The molecule has 19 heavy (non-hydrogen) atoms. The molecule has 0 amide bonds. The van der Waals surface area contributed by atoms with E-state index in [0.29, 0.717) is 18.7 Å². The van der Waals surface area contributed by atoms with Gasteiger partial charge in [-0.15, -0.1) is 0 Å². The van der Waals surface area contributed by atoms with E-state index in [2.05, 4.69) is 0 Å². The van der Waals surface area contributed by atoms with E-state index in [1.54, 1.807) is 35.5 Å². The summed E-state index contributed by atoms with van der Waals surface area (Å²) in [4.78, 5) is 0.285. The Morgan fingerprint density at radius 2 is 1.79 bits per heavy atom. The van der Waals surface area contributed by atoms with Gasteiger partial charge in [0.2, 0.25) is 10.0 Å². The Kier molecular flexibility index (Phi) is 4.60. The first-order chi connectivity index (χ1) is 9.01. The molecule has 1 atom stereocenters. The zero-order valence-electron chi connectivity index (χ0n) is 11.2. The molecule has 1 aliphatic heterocycles. The van der Waals surface area contributed by atoms with Gasteiger partial charge < -0.3 is 5.11 Å². The Labute approximate surface area is 115 Å². The van der Waals surface area contributed by atoms with Crippen LogP contribution >= 0.6 is 0 Å². The lowest BCUT2D eigenvalue weighted by atomic mass is 10.1. The van der Waals surface area contributed by atoms with Gasteiger partial charge in [-0.25, -0.2) is 8.42 Å². The zero-order chi connectivity index (χ0) is 13.9. The molecule has 1 heterocycles. The monoisotopic (exact) mass is 283 g/mol. The molecule has 1 saturated heterocycles. The molecule has 0 aliphatic carbocycles. The average Bonchev–Trinajstić information content (AvgIpc) is 2.68. The standard InChI is InChI=1S/C14H21NO3S/c1-12(16)13-7-6-8-14(11-13)19(17,18)15-9-4-2-3-5-10-15/h6-8,11-12,16H,2-5,9-10H2,1H3. The summed E-state index contributed by atoms with van der Waals surface area (Å²) in [6, 6.07) is 6.61. The normalized spacial score (nSPS) is 19.9. The second-order valence-electron chi connectivity index (χ2n) is 5.07. The van der Waals surface area contributed by atoms with Gasteiger partial charge in [0.1, 0.15) is 0 Å². The molecule has 1 aromatic rings. The highest BCUT2D eigenvalue weighted by molar-refractivity contribution is 7.89. The minimum Gasteiger partial charge on any atom is -0.389 e. The molecule has 2 rings (SSSR count). The van der Waals surface area contributed by atoms with Crippen LogP contribution in [-0.4, -0.2) is 30.9 Å². The summed E-state index contributed by atoms with van der Waals surface area (Å²) in [7, 11) is -3.42. The Hall–Kier alpha value is -0.910. The average molecular weight is 283 g/mol. The van der Waals surface area contributed by atoms with E-state index >= 15 is 0 Å². The molecule has 1 unspecified atom stereocenters. The molecule has 106 valence electrons. The van der Waals surface area contributed by atoms with Crippen molar-refractivity contribution in [3.05, 3.63) is 29.8 Å². The number of hydrogen-bond acceptors (Lipinski definition) is 3. The van der Waals surface area contributed by atoms with Crippen LogP contribution in [0.25, 0.3) is 0 Å². The van der Waals surface area contributed by atoms with Gasteiger partial charge >= 0.3 is 0 Å². The SMILES string of the molecule is CC(O)c1cccc(S(=O)(=O)N2CCCCCC2)c1. The quantitative estimate of drug-likeness (QED) is 0.926. The van der Waals surface area contributed by atoms with E-state index in [-0.39, 0.29) is 4.90 Å². The predicted molar refractivity (Wildman–Crippen MR) is 74.3 cm³/mol. The zero-order valence-corrected chi connectivity index (χ0v) is 12.1. The summed E-state index contributed by atoms with van der Waals surface area (Å²) in [5.74, 6) is 0. The van der Waals surface area contributed by atoms with Gasteiger partial charge in [0.05, 0.1) is 11.0 Å². The first-order valence-electron chi connectivity index (χ1n) is 6.80. The molecule has 1 aliphatic rings. The maximum atomic E-state index is 12.6. The summed E-state index contributed by atoms with van der Waals surface area (Å²) < 4.78 is 26.7. The lowest BCUT2D eigenvalue weighted by molar-refractivity contribution is 0.199. The maximum absolute atomic E-state index is 12.6. The van der Waals surface area contributed by atoms with E-state index in [1.165, 1.54) is 0 Å². The van der Waals surface area contributed by atoms with Gasteiger partial charge in [0.15, 0.2) is 0 Å². The third kappa shape index (κ3) is 3.35. The Balaban J connectivity index is 2.30. The van der Waals surface area contributed by atoms with Crippen molar-refractivity contribution in [2.24, 2.45) is 0 Å². The van der Waals surface area contributed by atoms with E-state index < -0.39 is 16.1 Å². The number of benzene rings is 1. The fourth-order valence-electron chi connectivity index (χ4n) is 2.37. The van der Waals surface area contributed by atoms with E-state index in [9.17, 15) is 13.5 Å². The highest BCUT2D eigenvalue weighted by Gasteiger charge is 2.25. The van der Waals surface area contributed by atoms with Gasteiger partial charge in [-0.1, -0.05) is 25.0 Å². The number of rotatable bonds is 3. The second-order valence-corrected chi connectivity index (χ2v) is 7.00. The highest BCUT2D eigenvalue weighted by Crippen LogP contribution is 2.23. The number of nitrogens with zero attached hydrogens (tertiary/aromatic N) is 1. The highest BCUT2D eigenvalue weighted by atomic mass is 32.2. The Morgan fingerprint density at radius 1 is 1.16 bits per heavy atom. The van der Waals surface area contributed by atoms with Gasteiger partial charge in [-0.2, -0.15) is 4.31 Å². The van der Waals surface area contributed by atoms with E-state index in [1.807, 2.05) is 0 Å². The molecule has 0 saturated carbocycles. The first-order valence-corrected chi connectivity index (χ1v) is 8.24. The summed E-state index contributed by atoms with van der Waals surface area (Å²) in [6.07, 6.45) is 3.39. The van der Waals surface area contributed by atoms with Crippen molar-refractivity contribution in [2.45, 2.75) is 43.6 Å². The van der Waals surface area contributed by atoms with Crippen molar-refractivity contribution >= 4 is 10.0 Å². The van der Waals surface area contributed by atoms with Crippen LogP contribution < -0.4 is 0 Å². The number of hydrogen-bond donors (Lipinski definition) is 1. The number of aliphatic hydroxyl groups is 1. The summed E-state index contributed by atoms with van der Waals surface area (Å²) in [5, 5.41) is 9.56. The van der Waals surface area contributed by atoms with Crippen LogP contribution in [-0.2, 0) is 10.0 Å². The first kappa shape index (κ1) is 14.5. The molecule has 0 bridgehead atoms. The fraction of sp³-hybridized carbons (Fsp3) is 0.571. The third-order valence-corrected chi connectivity index (χ3v) is 5.44. The lowest BCUT2D eigenvalue weighted by Crippen LogP contribution is -2.32. The minimum absolute atomic E-state index is 0.285. The van der Waals surface area contributed by atoms with Crippen LogP contribution in [0.4, 0.5) is 0 Å². The van der Waals surface area contributed by atoms with Gasteiger partial charge in [0.25, 0.3) is 0 Å². The van der Waals surface area contributed by atoms with Crippen LogP contribution in [0.15, 0.2) is 29.2 Å². The third-order valence-electron chi connectivity index (χ3n) is 3.54. The van der Waals surface area contributed by atoms with Crippen molar-refractivity contribution in [3.63, 3.8) is 0 Å². The molecule has 1 N–H and O–H groups in total. The topological polar surface area (TPSA) is 57.6 Å². The van der Waals surface area contributed by atoms with E-state index in [4.69, 9.17) is 0 Å². The van der Waals surface area contributed by atoms with Gasteiger partial charge in [0, 0.05) is 13.1 Å². The van der Waals surface area contributed by atoms with Crippen molar-refractivity contribution in [1.82, 2.24) is 4.31 Å². The lowest BCUT2D eigenvalue weighted by Gasteiger charge is -2.20. The molecule has 0 spiro atoms. The maximum Gasteiger partial charge on any atom is 0.243 e. The molecule has 1 fully saturated rings. The Bertz CT molecular complexity index is 517. The largest absolute Gasteiger partial charge is 0.389 e. The van der Waals surface area contributed by atoms with Gasteiger partial charge in [-0.05, 0) is 37.5 Å². The number of aliphatic hydroxyl groups excluding tert-OH is 1. The minimum atomic E-state index is -3.42. The van der Waals surface area contributed by atoms with Crippen molar-refractivity contribution in [2.75, 3.05) is 13.1 Å². The predicted octanol–water partition coefficient (Wildman–Crippen LogP) is 2.30. The van der Waals surface area contributed by atoms with E-state index in [0.717, 1.165) is 25.7 Å². The van der Waals surface area contributed by atoms with Crippen molar-refractivity contribution in [3.8, 4) is 0 Å². The Morgan fingerprint density at radius 3 is 2.37 bits per heavy atom. The second kappa shape index (κ2) is 6.03. The molecule has 0 aromatic heterocycles. The molecular formula is C14H21NO3S. The van der Waals surface area contributed by atoms with Crippen LogP contribution in [0.1, 0.15) is 44.3 Å². The molecule has 4 nitrogen and oxygen atoms in total. The van der Waals surface area contributed by atoms with Crippen molar-refractivity contribution in [1.29, 1.82) is 0 Å². The fourth-order valence-corrected chi connectivity index (χ4v) is 3.94. The molecule has 0 radical (unpaired) electrons. The smallest absolute Gasteiger partial charge is 0.243 e. The van der Waals surface area contributed by atoms with Gasteiger partial charge in [-0.3, -0.25) is 0 Å². The molecular weight excluding hydrogens is 262 g/mol. The van der Waals surface area contributed by atoms with Crippen LogP contribution in [0, 0.1) is 0 Å². The van der Waals surface area contributed by atoms with Crippen LogP contribution in [0.3, 0.4) is 0 Å². The van der Waals surface area contributed by atoms with Crippen LogP contribution in [0.5, 0.6) is 0 Å². The molecule has 1 aromatic carbocycles. The summed E-state index contributed by atoms with van der Waals surface area (Å²) in [5.41, 5.74) is 0.635. The molecule has 5 heteroatoms.